The monoisotopic (exact) mass is 352 g/mol. The molecule has 0 N–H and O–H groups in total. The Balaban J connectivity index is 2.17. The number of carbonyl (C=O) groups excluding carboxylic acids is 2. The van der Waals surface area contributed by atoms with Crippen LogP contribution < -0.4 is 4.74 Å². The molecule has 2 rings (SSSR count). The largest absolute Gasteiger partial charge is 0.459 e. The van der Waals surface area contributed by atoms with Crippen molar-refractivity contribution < 1.29 is 19.1 Å². The van der Waals surface area contributed by atoms with Gasteiger partial charge < -0.3 is 9.47 Å². The summed E-state index contributed by atoms with van der Waals surface area (Å²) in [7, 11) is 0. The Morgan fingerprint density at radius 1 is 1.00 bits per heavy atom. The van der Waals surface area contributed by atoms with Gasteiger partial charge in [0, 0.05) is 5.02 Å². The van der Waals surface area contributed by atoms with Crippen LogP contribution in [0.2, 0.25) is 10.0 Å². The molecule has 0 heterocycles. The lowest BCUT2D eigenvalue weighted by molar-refractivity contribution is 0.0376. The molecular formula is C17H14Cl2O4. The Labute approximate surface area is 143 Å². The van der Waals surface area contributed by atoms with Gasteiger partial charge in [-0.3, -0.25) is 0 Å². The van der Waals surface area contributed by atoms with Crippen LogP contribution in [0.15, 0.2) is 42.5 Å². The van der Waals surface area contributed by atoms with Crippen LogP contribution in [-0.4, -0.2) is 18.0 Å². The summed E-state index contributed by atoms with van der Waals surface area (Å²) in [6, 6.07) is 10.7. The van der Waals surface area contributed by atoms with Gasteiger partial charge >= 0.3 is 11.9 Å². The fraction of sp³-hybridized carbons (Fsp3) is 0.176. The highest BCUT2D eigenvalue weighted by Crippen LogP contribution is 2.23. The van der Waals surface area contributed by atoms with Crippen molar-refractivity contribution in [3.05, 3.63) is 63.6 Å². The molecule has 0 aromatic heterocycles. The molecule has 0 fully saturated rings. The van der Waals surface area contributed by atoms with Crippen molar-refractivity contribution in [3.63, 3.8) is 0 Å². The average molecular weight is 353 g/mol. The van der Waals surface area contributed by atoms with Gasteiger partial charge in [0.1, 0.15) is 5.75 Å². The van der Waals surface area contributed by atoms with Gasteiger partial charge in [-0.05, 0) is 50.2 Å². The van der Waals surface area contributed by atoms with E-state index in [2.05, 4.69) is 0 Å². The first kappa shape index (κ1) is 17.3. The maximum atomic E-state index is 12.1. The molecule has 23 heavy (non-hydrogen) atoms. The number of carbonyl (C=O) groups is 2. The second-order valence-corrected chi connectivity index (χ2v) is 5.84. The lowest BCUT2D eigenvalue weighted by atomic mass is 10.2. The third-order valence-electron chi connectivity index (χ3n) is 2.77. The second-order valence-electron chi connectivity index (χ2n) is 5.00. The van der Waals surface area contributed by atoms with E-state index >= 15 is 0 Å². The molecule has 0 atom stereocenters. The van der Waals surface area contributed by atoms with Crippen molar-refractivity contribution in [2.24, 2.45) is 0 Å². The zero-order valence-electron chi connectivity index (χ0n) is 12.5. The van der Waals surface area contributed by atoms with E-state index in [1.807, 2.05) is 0 Å². The van der Waals surface area contributed by atoms with Crippen LogP contribution >= 0.6 is 23.2 Å². The minimum atomic E-state index is -0.638. The number of rotatable bonds is 4. The minimum absolute atomic E-state index is 0.186. The predicted octanol–water partition coefficient (Wildman–Crippen LogP) is 4.78. The SMILES string of the molecule is CC(C)OC(=O)c1cccc(OC(=O)c2ccc(Cl)cc2Cl)c1. The highest BCUT2D eigenvalue weighted by atomic mass is 35.5. The van der Waals surface area contributed by atoms with Crippen molar-refractivity contribution in [2.75, 3.05) is 0 Å². The lowest BCUT2D eigenvalue weighted by Crippen LogP contribution is -2.13. The van der Waals surface area contributed by atoms with E-state index in [9.17, 15) is 9.59 Å². The number of esters is 2. The molecule has 2 aromatic carbocycles. The molecule has 2 aromatic rings. The van der Waals surface area contributed by atoms with Crippen LogP contribution in [0.4, 0.5) is 0 Å². The summed E-state index contributed by atoms with van der Waals surface area (Å²) in [6.45, 7) is 3.51. The highest BCUT2D eigenvalue weighted by Gasteiger charge is 2.15. The van der Waals surface area contributed by atoms with Gasteiger partial charge in [0.2, 0.25) is 0 Å². The third-order valence-corrected chi connectivity index (χ3v) is 3.32. The summed E-state index contributed by atoms with van der Waals surface area (Å²) >= 11 is 11.8. The van der Waals surface area contributed by atoms with Crippen LogP contribution in [0.5, 0.6) is 5.75 Å². The second kappa shape index (κ2) is 7.49. The summed E-state index contributed by atoms with van der Waals surface area (Å²) in [6.07, 6.45) is -0.235. The molecule has 0 saturated carbocycles. The highest BCUT2D eigenvalue weighted by molar-refractivity contribution is 6.36. The third kappa shape index (κ3) is 4.71. The van der Waals surface area contributed by atoms with E-state index < -0.39 is 11.9 Å². The first-order valence-corrected chi connectivity index (χ1v) is 7.60. The molecule has 0 spiro atoms. The fourth-order valence-corrected chi connectivity index (χ4v) is 2.27. The number of benzene rings is 2. The first-order valence-electron chi connectivity index (χ1n) is 6.85. The maximum Gasteiger partial charge on any atom is 0.345 e. The maximum absolute atomic E-state index is 12.1. The topological polar surface area (TPSA) is 52.6 Å². The van der Waals surface area contributed by atoms with E-state index in [1.54, 1.807) is 38.1 Å². The van der Waals surface area contributed by atoms with Crippen molar-refractivity contribution in [2.45, 2.75) is 20.0 Å². The van der Waals surface area contributed by atoms with Crippen molar-refractivity contribution in [1.82, 2.24) is 0 Å². The molecule has 0 aliphatic carbocycles. The first-order chi connectivity index (χ1) is 10.9. The number of hydrogen-bond donors (Lipinski definition) is 0. The van der Waals surface area contributed by atoms with Crippen molar-refractivity contribution in [3.8, 4) is 5.75 Å². The summed E-state index contributed by atoms with van der Waals surface area (Å²) in [5.41, 5.74) is 0.484. The molecule has 4 nitrogen and oxygen atoms in total. The van der Waals surface area contributed by atoms with Crippen LogP contribution in [0.3, 0.4) is 0 Å². The summed E-state index contributed by atoms with van der Waals surface area (Å²) in [5, 5.41) is 0.614. The van der Waals surface area contributed by atoms with Gasteiger partial charge in [-0.1, -0.05) is 29.3 Å². The number of ether oxygens (including phenoxy) is 2. The van der Waals surface area contributed by atoms with Gasteiger partial charge in [-0.15, -0.1) is 0 Å². The van der Waals surface area contributed by atoms with Crippen LogP contribution in [0.25, 0.3) is 0 Å². The zero-order chi connectivity index (χ0) is 17.0. The van der Waals surface area contributed by atoms with Crippen molar-refractivity contribution in [1.29, 1.82) is 0 Å². The van der Waals surface area contributed by atoms with Gasteiger partial charge in [0.05, 0.1) is 22.3 Å². The standard InChI is InChI=1S/C17H14Cl2O4/c1-10(2)22-16(20)11-4-3-5-13(8-11)23-17(21)14-7-6-12(18)9-15(14)19/h3-10H,1-2H3. The molecule has 0 amide bonds. The van der Waals surface area contributed by atoms with E-state index in [-0.39, 0.29) is 22.4 Å². The molecule has 0 saturated heterocycles. The van der Waals surface area contributed by atoms with E-state index in [0.29, 0.717) is 10.6 Å². The van der Waals surface area contributed by atoms with Crippen molar-refractivity contribution >= 4 is 35.1 Å². The lowest BCUT2D eigenvalue weighted by Gasteiger charge is -2.09. The minimum Gasteiger partial charge on any atom is -0.459 e. The normalized spacial score (nSPS) is 10.5. The van der Waals surface area contributed by atoms with Gasteiger partial charge in [0.25, 0.3) is 0 Å². The molecule has 0 unspecified atom stereocenters. The Hall–Kier alpha value is -2.04. The van der Waals surface area contributed by atoms with E-state index in [1.165, 1.54) is 18.2 Å². The molecule has 0 aliphatic rings. The predicted molar refractivity (Wildman–Crippen MR) is 88.4 cm³/mol. The number of halogens is 2. The summed E-state index contributed by atoms with van der Waals surface area (Å²) in [5.74, 6) is -0.900. The molecule has 0 radical (unpaired) electrons. The van der Waals surface area contributed by atoms with E-state index in [0.717, 1.165) is 0 Å². The zero-order valence-corrected chi connectivity index (χ0v) is 14.0. The fourth-order valence-electron chi connectivity index (χ4n) is 1.79. The van der Waals surface area contributed by atoms with Crippen LogP contribution in [0.1, 0.15) is 34.6 Å². The van der Waals surface area contributed by atoms with Gasteiger partial charge in [-0.25, -0.2) is 9.59 Å². The Morgan fingerprint density at radius 2 is 1.74 bits per heavy atom. The average Bonchev–Trinajstić information content (AvgIpc) is 2.46. The molecular weight excluding hydrogens is 339 g/mol. The molecule has 120 valence electrons. The molecule has 0 aliphatic heterocycles. The van der Waals surface area contributed by atoms with Gasteiger partial charge in [0.15, 0.2) is 0 Å². The Morgan fingerprint density at radius 3 is 2.39 bits per heavy atom. The Bertz CT molecular complexity index is 741. The molecule has 0 bridgehead atoms. The molecule has 6 heteroatoms. The summed E-state index contributed by atoms with van der Waals surface area (Å²) in [4.78, 5) is 24.0. The summed E-state index contributed by atoms with van der Waals surface area (Å²) < 4.78 is 10.3. The van der Waals surface area contributed by atoms with Crippen LogP contribution in [-0.2, 0) is 4.74 Å². The van der Waals surface area contributed by atoms with E-state index in [4.69, 9.17) is 32.7 Å². The quantitative estimate of drug-likeness (QED) is 0.586. The smallest absolute Gasteiger partial charge is 0.345 e. The Kier molecular flexibility index (Phi) is 5.64. The van der Waals surface area contributed by atoms with Crippen LogP contribution in [0, 0.1) is 0 Å². The number of hydrogen-bond acceptors (Lipinski definition) is 4. The van der Waals surface area contributed by atoms with Gasteiger partial charge in [-0.2, -0.15) is 0 Å².